The summed E-state index contributed by atoms with van der Waals surface area (Å²) in [7, 11) is 0. The average Bonchev–Trinajstić information content (AvgIpc) is 3.38. The van der Waals surface area contributed by atoms with Crippen LogP contribution in [0.2, 0.25) is 0 Å². The van der Waals surface area contributed by atoms with Crippen LogP contribution in [-0.2, 0) is 0 Å². The molecule has 1 unspecified atom stereocenters. The molecule has 0 saturated heterocycles. The lowest BCUT2D eigenvalue weighted by Crippen LogP contribution is -2.42. The first-order chi connectivity index (χ1) is 20.2. The van der Waals surface area contributed by atoms with E-state index in [0.717, 1.165) is 0 Å². The lowest BCUT2D eigenvalue weighted by Gasteiger charge is -2.35. The smallest absolute Gasteiger partial charge is 0.101 e. The van der Waals surface area contributed by atoms with Crippen LogP contribution in [0.4, 0.5) is 0 Å². The standard InChI is InChI=1S/C39H78N2/c1-5-7-9-11-13-15-17-19-21-23-25-27-29-31-33-35-40-36-37-41(38(3)4)39(40)34-32-30-28-26-24-22-20-18-16-14-12-10-8-6-2/h36-39H,5-35H2,1-4H3. The molecule has 0 aromatic rings. The maximum atomic E-state index is 2.67. The van der Waals surface area contributed by atoms with Crippen LogP contribution in [-0.4, -0.2) is 28.6 Å². The molecule has 1 aliphatic heterocycles. The quantitative estimate of drug-likeness (QED) is 0.0737. The van der Waals surface area contributed by atoms with E-state index < -0.39 is 0 Å². The van der Waals surface area contributed by atoms with Crippen LogP contribution in [0.5, 0.6) is 0 Å². The van der Waals surface area contributed by atoms with E-state index in [0.29, 0.717) is 12.2 Å². The van der Waals surface area contributed by atoms with Crippen LogP contribution in [0.1, 0.15) is 220 Å². The van der Waals surface area contributed by atoms with Crippen molar-refractivity contribution >= 4 is 0 Å². The molecule has 0 spiro atoms. The van der Waals surface area contributed by atoms with E-state index in [9.17, 15) is 0 Å². The highest BCUT2D eigenvalue weighted by molar-refractivity contribution is 4.98. The fourth-order valence-corrected chi connectivity index (χ4v) is 6.77. The molecule has 41 heavy (non-hydrogen) atoms. The van der Waals surface area contributed by atoms with Crippen molar-refractivity contribution in [1.29, 1.82) is 0 Å². The number of nitrogens with zero attached hydrogens (tertiary/aromatic N) is 2. The minimum absolute atomic E-state index is 0.606. The summed E-state index contributed by atoms with van der Waals surface area (Å²) in [4.78, 5) is 5.29. The molecule has 0 bridgehead atoms. The van der Waals surface area contributed by atoms with Crippen LogP contribution in [0.15, 0.2) is 12.4 Å². The fraction of sp³-hybridized carbons (Fsp3) is 0.949. The molecule has 1 atom stereocenters. The molecule has 0 saturated carbocycles. The van der Waals surface area contributed by atoms with Crippen molar-refractivity contribution in [1.82, 2.24) is 9.80 Å². The third kappa shape index (κ3) is 22.5. The van der Waals surface area contributed by atoms with Gasteiger partial charge in [-0.15, -0.1) is 0 Å². The van der Waals surface area contributed by atoms with Crippen LogP contribution >= 0.6 is 0 Å². The van der Waals surface area contributed by atoms with Crippen molar-refractivity contribution in [2.45, 2.75) is 233 Å². The Hall–Kier alpha value is -0.660. The normalized spacial score (nSPS) is 15.2. The van der Waals surface area contributed by atoms with Gasteiger partial charge in [0.1, 0.15) is 6.17 Å². The van der Waals surface area contributed by atoms with E-state index in [2.05, 4.69) is 49.9 Å². The largest absolute Gasteiger partial charge is 0.356 e. The topological polar surface area (TPSA) is 6.48 Å². The van der Waals surface area contributed by atoms with Crippen LogP contribution in [0.25, 0.3) is 0 Å². The minimum atomic E-state index is 0.606. The van der Waals surface area contributed by atoms with Crippen molar-refractivity contribution < 1.29 is 0 Å². The number of unbranched alkanes of at least 4 members (excludes halogenated alkanes) is 27. The van der Waals surface area contributed by atoms with Gasteiger partial charge in [0.05, 0.1) is 0 Å². The van der Waals surface area contributed by atoms with Crippen LogP contribution in [0.3, 0.4) is 0 Å². The highest BCUT2D eigenvalue weighted by Gasteiger charge is 2.26. The van der Waals surface area contributed by atoms with E-state index in [1.165, 1.54) is 199 Å². The predicted octanol–water partition coefficient (Wildman–Crippen LogP) is 13.6. The zero-order chi connectivity index (χ0) is 29.6. The van der Waals surface area contributed by atoms with Gasteiger partial charge in [-0.1, -0.05) is 187 Å². The van der Waals surface area contributed by atoms with Gasteiger partial charge in [0.25, 0.3) is 0 Å². The molecule has 2 nitrogen and oxygen atoms in total. The molecule has 0 aromatic carbocycles. The van der Waals surface area contributed by atoms with E-state index in [1.807, 2.05) is 0 Å². The Morgan fingerprint density at radius 3 is 1.07 bits per heavy atom. The summed E-state index contributed by atoms with van der Waals surface area (Å²) in [6, 6.07) is 0.606. The SMILES string of the molecule is CCCCCCCCCCCCCCCCCN1C=CN(C(C)C)C1CCCCCCCCCCCCCCCC. The number of rotatable bonds is 32. The van der Waals surface area contributed by atoms with Crippen molar-refractivity contribution in [3.05, 3.63) is 12.4 Å². The van der Waals surface area contributed by atoms with E-state index in [1.54, 1.807) is 0 Å². The summed E-state index contributed by atoms with van der Waals surface area (Å²) >= 11 is 0. The maximum Gasteiger partial charge on any atom is 0.101 e. The average molecular weight is 575 g/mol. The van der Waals surface area contributed by atoms with Gasteiger partial charge in [0.2, 0.25) is 0 Å². The molecule has 0 fully saturated rings. The molecule has 0 aromatic heterocycles. The molecule has 1 aliphatic rings. The molecule has 0 N–H and O–H groups in total. The van der Waals surface area contributed by atoms with Gasteiger partial charge in [0.15, 0.2) is 0 Å². The Labute approximate surface area is 260 Å². The van der Waals surface area contributed by atoms with E-state index >= 15 is 0 Å². The molecule has 1 heterocycles. The zero-order valence-electron chi connectivity index (χ0n) is 29.1. The van der Waals surface area contributed by atoms with Crippen LogP contribution in [0, 0.1) is 0 Å². The Morgan fingerprint density at radius 2 is 0.732 bits per heavy atom. The first-order valence-electron chi connectivity index (χ1n) is 19.4. The maximum absolute atomic E-state index is 2.67. The highest BCUT2D eigenvalue weighted by Crippen LogP contribution is 2.25. The molecular formula is C39H78N2. The van der Waals surface area contributed by atoms with Gasteiger partial charge >= 0.3 is 0 Å². The van der Waals surface area contributed by atoms with Gasteiger partial charge in [-0.25, -0.2) is 0 Å². The zero-order valence-corrected chi connectivity index (χ0v) is 29.1. The first kappa shape index (κ1) is 38.4. The molecule has 244 valence electrons. The Balaban J connectivity index is 1.98. The lowest BCUT2D eigenvalue weighted by atomic mass is 10.0. The Morgan fingerprint density at radius 1 is 0.415 bits per heavy atom. The van der Waals surface area contributed by atoms with Gasteiger partial charge in [-0.3, -0.25) is 0 Å². The predicted molar refractivity (Wildman–Crippen MR) is 186 cm³/mol. The Kier molecular flexibility index (Phi) is 27.5. The summed E-state index contributed by atoms with van der Waals surface area (Å²) in [6.07, 6.45) is 48.7. The lowest BCUT2D eigenvalue weighted by molar-refractivity contribution is 0.114. The third-order valence-electron chi connectivity index (χ3n) is 9.59. The molecule has 1 rings (SSSR count). The summed E-state index contributed by atoms with van der Waals surface area (Å²) in [6.45, 7) is 10.6. The van der Waals surface area contributed by atoms with Crippen LogP contribution < -0.4 is 0 Å². The number of hydrogen-bond acceptors (Lipinski definition) is 2. The molecule has 2 heteroatoms. The first-order valence-corrected chi connectivity index (χ1v) is 19.4. The van der Waals surface area contributed by atoms with Gasteiger partial charge in [-0.2, -0.15) is 0 Å². The summed E-state index contributed by atoms with van der Waals surface area (Å²) in [5.74, 6) is 0. The molecule has 0 amide bonds. The second-order valence-electron chi connectivity index (χ2n) is 13.9. The monoisotopic (exact) mass is 575 g/mol. The number of hydrogen-bond donors (Lipinski definition) is 0. The third-order valence-corrected chi connectivity index (χ3v) is 9.59. The second kappa shape index (κ2) is 29.4. The fourth-order valence-electron chi connectivity index (χ4n) is 6.77. The Bertz CT molecular complexity index is 542. The van der Waals surface area contributed by atoms with E-state index in [4.69, 9.17) is 0 Å². The van der Waals surface area contributed by atoms with Gasteiger partial charge in [0, 0.05) is 25.0 Å². The van der Waals surface area contributed by atoms with Gasteiger partial charge in [-0.05, 0) is 33.1 Å². The van der Waals surface area contributed by atoms with Gasteiger partial charge < -0.3 is 9.80 Å². The summed E-state index contributed by atoms with van der Waals surface area (Å²) in [5, 5.41) is 0. The minimum Gasteiger partial charge on any atom is -0.356 e. The summed E-state index contributed by atoms with van der Waals surface area (Å²) < 4.78 is 0. The van der Waals surface area contributed by atoms with Crippen molar-refractivity contribution in [3.8, 4) is 0 Å². The van der Waals surface area contributed by atoms with Crippen molar-refractivity contribution in [2.75, 3.05) is 6.54 Å². The summed E-state index contributed by atoms with van der Waals surface area (Å²) in [5.41, 5.74) is 0. The molecular weight excluding hydrogens is 496 g/mol. The van der Waals surface area contributed by atoms with E-state index in [-0.39, 0.29) is 0 Å². The molecule has 0 aliphatic carbocycles. The van der Waals surface area contributed by atoms with Crippen molar-refractivity contribution in [2.24, 2.45) is 0 Å². The highest BCUT2D eigenvalue weighted by atomic mass is 15.4. The second-order valence-corrected chi connectivity index (χ2v) is 13.9. The van der Waals surface area contributed by atoms with Crippen molar-refractivity contribution in [3.63, 3.8) is 0 Å². The molecule has 0 radical (unpaired) electrons.